The Kier molecular flexibility index (Phi) is 6.23. The Bertz CT molecular complexity index is 1050. The van der Waals surface area contributed by atoms with Crippen molar-refractivity contribution in [2.75, 3.05) is 13.2 Å². The van der Waals surface area contributed by atoms with Crippen molar-refractivity contribution in [3.8, 4) is 0 Å². The lowest BCUT2D eigenvalue weighted by Gasteiger charge is -2.28. The summed E-state index contributed by atoms with van der Waals surface area (Å²) in [4.78, 5) is 25.1. The number of nitrogens with zero attached hydrogens (tertiary/aromatic N) is 1. The molecule has 0 bridgehead atoms. The van der Waals surface area contributed by atoms with Crippen molar-refractivity contribution in [2.24, 2.45) is 0 Å². The molecule has 0 aliphatic heterocycles. The van der Waals surface area contributed by atoms with E-state index in [1.165, 1.54) is 11.8 Å². The Hall–Kier alpha value is -2.86. The van der Waals surface area contributed by atoms with Crippen molar-refractivity contribution in [3.63, 3.8) is 0 Å². The molecule has 1 unspecified atom stereocenters. The Morgan fingerprint density at radius 3 is 2.31 bits per heavy atom. The molecule has 150 valence electrons. The summed E-state index contributed by atoms with van der Waals surface area (Å²) in [5.41, 5.74) is 2.47. The number of carbonyl (C=O) groups is 1. The fourth-order valence-corrected chi connectivity index (χ4v) is 4.75. The van der Waals surface area contributed by atoms with Crippen LogP contribution in [0.5, 0.6) is 0 Å². The average Bonchev–Trinajstić information content (AvgIpc) is 2.66. The van der Waals surface area contributed by atoms with E-state index in [0.717, 1.165) is 26.8 Å². The lowest BCUT2D eigenvalue weighted by molar-refractivity contribution is -0.484. The minimum absolute atomic E-state index is 0.154. The second-order valence-corrected chi connectivity index (χ2v) is 8.40. The van der Waals surface area contributed by atoms with Crippen LogP contribution in [0.3, 0.4) is 0 Å². The first-order valence-corrected chi connectivity index (χ1v) is 10.2. The number of carbonyl (C=O) groups excluding carboxylic acids is 1. The molecular weight excluding hydrogens is 386 g/mol. The third-order valence-electron chi connectivity index (χ3n) is 4.66. The van der Waals surface area contributed by atoms with E-state index >= 15 is 0 Å². The third-order valence-corrected chi connectivity index (χ3v) is 6.03. The van der Waals surface area contributed by atoms with Gasteiger partial charge in [0.25, 0.3) is 0 Å². The van der Waals surface area contributed by atoms with Gasteiger partial charge in [-0.15, -0.1) is 0 Å². The van der Waals surface area contributed by atoms with Gasteiger partial charge in [0.05, 0.1) is 6.61 Å². The molecular formula is C23H23NO4S. The second kappa shape index (κ2) is 8.66. The summed E-state index contributed by atoms with van der Waals surface area (Å²) < 4.78 is 3.86. The van der Waals surface area contributed by atoms with E-state index in [9.17, 15) is 14.9 Å². The van der Waals surface area contributed by atoms with Crippen LogP contribution in [0, 0.1) is 24.0 Å². The average molecular weight is 410 g/mol. The molecule has 0 heterocycles. The highest BCUT2D eigenvalue weighted by Crippen LogP contribution is 2.44. The molecule has 0 N–H and O–H groups in total. The van der Waals surface area contributed by atoms with Crippen molar-refractivity contribution in [3.05, 3.63) is 87.5 Å². The molecule has 29 heavy (non-hydrogen) atoms. The van der Waals surface area contributed by atoms with Crippen molar-refractivity contribution < 1.29 is 14.5 Å². The molecule has 3 aromatic rings. The van der Waals surface area contributed by atoms with Crippen molar-refractivity contribution in [1.82, 2.24) is 0 Å². The predicted octanol–water partition coefficient (Wildman–Crippen LogP) is 5.28. The number of thioether (sulfide) groups is 1. The summed E-state index contributed by atoms with van der Waals surface area (Å²) in [5.74, 6) is -0.597. The number of nitro groups is 1. The van der Waals surface area contributed by atoms with E-state index in [0.29, 0.717) is 5.56 Å². The number of hydrogen-bond acceptors (Lipinski definition) is 5. The monoisotopic (exact) mass is 409 g/mol. The fraction of sp³-hybridized carbons (Fsp3) is 0.261. The van der Waals surface area contributed by atoms with Crippen molar-refractivity contribution in [2.45, 2.75) is 30.4 Å². The lowest BCUT2D eigenvalue weighted by Crippen LogP contribution is -2.41. The minimum Gasteiger partial charge on any atom is -0.464 e. The van der Waals surface area contributed by atoms with Crippen molar-refractivity contribution >= 4 is 28.5 Å². The molecule has 0 radical (unpaired) electrons. The summed E-state index contributed by atoms with van der Waals surface area (Å²) in [6.07, 6.45) is 0. The number of benzene rings is 3. The van der Waals surface area contributed by atoms with Gasteiger partial charge < -0.3 is 4.74 Å². The minimum atomic E-state index is -1.47. The predicted molar refractivity (Wildman–Crippen MR) is 116 cm³/mol. The molecule has 0 aliphatic carbocycles. The Morgan fingerprint density at radius 1 is 1.03 bits per heavy atom. The highest BCUT2D eigenvalue weighted by Gasteiger charge is 2.48. The molecule has 3 rings (SSSR count). The van der Waals surface area contributed by atoms with Crippen LogP contribution in [0.4, 0.5) is 0 Å². The molecule has 6 heteroatoms. The zero-order chi connectivity index (χ0) is 21.0. The van der Waals surface area contributed by atoms with Crippen LogP contribution in [0.2, 0.25) is 0 Å². The first-order chi connectivity index (χ1) is 13.8. The lowest BCUT2D eigenvalue weighted by atomic mass is 9.94. The number of aryl methyl sites for hydroxylation is 2. The topological polar surface area (TPSA) is 69.4 Å². The van der Waals surface area contributed by atoms with Gasteiger partial charge in [-0.1, -0.05) is 71.4 Å². The highest BCUT2D eigenvalue weighted by molar-refractivity contribution is 8.01. The number of hydrogen-bond donors (Lipinski definition) is 0. The first kappa shape index (κ1) is 20.9. The zero-order valence-corrected chi connectivity index (χ0v) is 17.5. The molecule has 0 aliphatic rings. The maximum Gasteiger partial charge on any atom is 0.334 e. The van der Waals surface area contributed by atoms with Crippen LogP contribution in [0.15, 0.2) is 65.6 Å². The van der Waals surface area contributed by atoms with Gasteiger partial charge in [0, 0.05) is 9.82 Å². The SMILES string of the molecule is CCOC(=O)C(C[N+](=O)[O-])(Sc1ccc2ccccc2c1)c1cc(C)cc(C)c1. The normalized spacial score (nSPS) is 13.1. The molecule has 3 aromatic carbocycles. The molecule has 5 nitrogen and oxygen atoms in total. The molecule has 0 fully saturated rings. The largest absolute Gasteiger partial charge is 0.464 e. The zero-order valence-electron chi connectivity index (χ0n) is 16.7. The Morgan fingerprint density at radius 2 is 1.69 bits per heavy atom. The first-order valence-electron chi connectivity index (χ1n) is 9.39. The van der Waals surface area contributed by atoms with Crippen LogP contribution in [0.1, 0.15) is 23.6 Å². The molecule has 0 saturated heterocycles. The number of ether oxygens (including phenoxy) is 1. The van der Waals surface area contributed by atoms with Gasteiger partial charge in [0.2, 0.25) is 11.3 Å². The van der Waals surface area contributed by atoms with Crippen LogP contribution in [0.25, 0.3) is 10.8 Å². The van der Waals surface area contributed by atoms with E-state index in [1.54, 1.807) is 6.92 Å². The van der Waals surface area contributed by atoms with Crippen LogP contribution in [-0.2, 0) is 14.3 Å². The van der Waals surface area contributed by atoms with Crippen LogP contribution >= 0.6 is 11.8 Å². The fourth-order valence-electron chi connectivity index (χ4n) is 3.48. The number of rotatable bonds is 7. The summed E-state index contributed by atoms with van der Waals surface area (Å²) in [5, 5.41) is 13.7. The molecule has 1 atom stereocenters. The summed E-state index contributed by atoms with van der Waals surface area (Å²) in [6, 6.07) is 19.3. The van der Waals surface area contributed by atoms with E-state index in [1.807, 2.05) is 74.5 Å². The molecule has 0 aromatic heterocycles. The molecule has 0 spiro atoms. The summed E-state index contributed by atoms with van der Waals surface area (Å²) in [7, 11) is 0. The van der Waals surface area contributed by atoms with E-state index in [2.05, 4.69) is 0 Å². The number of fused-ring (bicyclic) bond motifs is 1. The van der Waals surface area contributed by atoms with Gasteiger partial charge >= 0.3 is 5.97 Å². The molecule has 0 saturated carbocycles. The van der Waals surface area contributed by atoms with E-state index < -0.39 is 22.2 Å². The van der Waals surface area contributed by atoms with E-state index in [-0.39, 0.29) is 6.61 Å². The van der Waals surface area contributed by atoms with E-state index in [4.69, 9.17) is 4.74 Å². The Balaban J connectivity index is 2.17. The second-order valence-electron chi connectivity index (χ2n) is 7.03. The van der Waals surface area contributed by atoms with Gasteiger partial charge in [-0.2, -0.15) is 0 Å². The third kappa shape index (κ3) is 4.59. The van der Waals surface area contributed by atoms with Gasteiger partial charge in [-0.25, -0.2) is 4.79 Å². The van der Waals surface area contributed by atoms with Crippen molar-refractivity contribution in [1.29, 1.82) is 0 Å². The molecule has 0 amide bonds. The maximum absolute atomic E-state index is 13.1. The van der Waals surface area contributed by atoms with Gasteiger partial charge in [-0.3, -0.25) is 10.1 Å². The van der Waals surface area contributed by atoms with Crippen LogP contribution < -0.4 is 0 Å². The summed E-state index contributed by atoms with van der Waals surface area (Å²) in [6.45, 7) is 5.13. The smallest absolute Gasteiger partial charge is 0.334 e. The number of esters is 1. The van der Waals surface area contributed by atoms with Crippen LogP contribution in [-0.4, -0.2) is 24.0 Å². The Labute approximate surface area is 174 Å². The standard InChI is InChI=1S/C23H23NO4S/c1-4-28-22(25)23(15-24(26)27,20-12-16(2)11-17(3)13-20)29-21-10-9-18-7-5-6-8-19(18)14-21/h5-14H,4,15H2,1-3H3. The van der Waals surface area contributed by atoms with Gasteiger partial charge in [0.1, 0.15) is 0 Å². The van der Waals surface area contributed by atoms with Gasteiger partial charge in [-0.05, 0) is 49.2 Å². The highest BCUT2D eigenvalue weighted by atomic mass is 32.2. The summed E-state index contributed by atoms with van der Waals surface area (Å²) >= 11 is 1.18. The quantitative estimate of drug-likeness (QED) is 0.230. The van der Waals surface area contributed by atoms with Gasteiger partial charge in [0.15, 0.2) is 0 Å². The maximum atomic E-state index is 13.1.